The van der Waals surface area contributed by atoms with Crippen LogP contribution in [0.1, 0.15) is 16.7 Å². The monoisotopic (exact) mass is 590 g/mol. The Kier molecular flexibility index (Phi) is 7.82. The molecule has 0 heterocycles. The SMILES string of the molecule is Cc1ccc(NC(=O)/C(C#N)=C/c2cc(Br)c(OCc3ccccc3F)c(I)c2)cc1. The van der Waals surface area contributed by atoms with Crippen molar-refractivity contribution in [3.63, 3.8) is 0 Å². The summed E-state index contributed by atoms with van der Waals surface area (Å²) in [5.41, 5.74) is 2.78. The van der Waals surface area contributed by atoms with Crippen LogP contribution >= 0.6 is 38.5 Å². The van der Waals surface area contributed by atoms with E-state index >= 15 is 0 Å². The first-order valence-corrected chi connectivity index (χ1v) is 11.1. The quantitative estimate of drug-likeness (QED) is 0.199. The van der Waals surface area contributed by atoms with E-state index in [-0.39, 0.29) is 18.0 Å². The van der Waals surface area contributed by atoms with E-state index in [4.69, 9.17) is 4.74 Å². The summed E-state index contributed by atoms with van der Waals surface area (Å²) in [6, 6.07) is 19.2. The number of carbonyl (C=O) groups excluding carboxylic acids is 1. The molecule has 1 N–H and O–H groups in total. The van der Waals surface area contributed by atoms with Crippen LogP contribution in [0.2, 0.25) is 0 Å². The van der Waals surface area contributed by atoms with Crippen LogP contribution in [0, 0.1) is 27.6 Å². The van der Waals surface area contributed by atoms with Crippen LogP contribution in [0.5, 0.6) is 5.75 Å². The summed E-state index contributed by atoms with van der Waals surface area (Å²) >= 11 is 5.56. The van der Waals surface area contributed by atoms with Gasteiger partial charge in [-0.15, -0.1) is 0 Å². The molecule has 0 saturated heterocycles. The summed E-state index contributed by atoms with van der Waals surface area (Å²) in [6.45, 7) is 2.04. The van der Waals surface area contributed by atoms with Crippen LogP contribution in [0.4, 0.5) is 10.1 Å². The number of nitriles is 1. The third kappa shape index (κ3) is 6.15. The Labute approximate surface area is 202 Å². The number of hydrogen-bond acceptors (Lipinski definition) is 3. The Morgan fingerprint density at radius 3 is 2.58 bits per heavy atom. The molecule has 4 nitrogen and oxygen atoms in total. The number of benzene rings is 3. The Bertz CT molecular complexity index is 1160. The molecule has 3 aromatic rings. The van der Waals surface area contributed by atoms with E-state index in [0.717, 1.165) is 9.13 Å². The van der Waals surface area contributed by atoms with Crippen LogP contribution in [0.15, 0.2) is 70.7 Å². The molecule has 0 fully saturated rings. The Balaban J connectivity index is 1.77. The number of carbonyl (C=O) groups is 1. The molecule has 156 valence electrons. The maximum atomic E-state index is 13.8. The smallest absolute Gasteiger partial charge is 0.266 e. The van der Waals surface area contributed by atoms with Crippen molar-refractivity contribution in [2.75, 3.05) is 5.32 Å². The van der Waals surface area contributed by atoms with Gasteiger partial charge in [-0.25, -0.2) is 4.39 Å². The second-order valence-electron chi connectivity index (χ2n) is 6.68. The molecule has 0 atom stereocenters. The Hall–Kier alpha value is -2.70. The number of halogens is 3. The summed E-state index contributed by atoms with van der Waals surface area (Å²) in [5, 5.41) is 12.2. The zero-order chi connectivity index (χ0) is 22.4. The van der Waals surface area contributed by atoms with E-state index in [9.17, 15) is 14.4 Å². The second-order valence-corrected chi connectivity index (χ2v) is 8.70. The van der Waals surface area contributed by atoms with Crippen molar-refractivity contribution < 1.29 is 13.9 Å². The summed E-state index contributed by atoms with van der Waals surface area (Å²) in [5.74, 6) is -0.257. The summed E-state index contributed by atoms with van der Waals surface area (Å²) in [6.07, 6.45) is 1.51. The van der Waals surface area contributed by atoms with Gasteiger partial charge in [-0.05, 0) is 87.4 Å². The van der Waals surface area contributed by atoms with Gasteiger partial charge >= 0.3 is 0 Å². The maximum absolute atomic E-state index is 13.8. The van der Waals surface area contributed by atoms with Crippen LogP contribution in [-0.4, -0.2) is 5.91 Å². The maximum Gasteiger partial charge on any atom is 0.266 e. The predicted octanol–water partition coefficient (Wildman–Crippen LogP) is 6.63. The minimum atomic E-state index is -0.489. The fourth-order valence-corrected chi connectivity index (χ4v) is 4.49. The molecule has 7 heteroatoms. The van der Waals surface area contributed by atoms with E-state index in [2.05, 4.69) is 43.8 Å². The molecule has 1 amide bonds. The van der Waals surface area contributed by atoms with Gasteiger partial charge in [-0.3, -0.25) is 4.79 Å². The minimum Gasteiger partial charge on any atom is -0.486 e. The van der Waals surface area contributed by atoms with Crippen molar-refractivity contribution >= 4 is 56.2 Å². The molecule has 0 aliphatic rings. The zero-order valence-corrected chi connectivity index (χ0v) is 20.2. The number of nitrogens with one attached hydrogen (secondary N) is 1. The zero-order valence-electron chi connectivity index (χ0n) is 16.5. The van der Waals surface area contributed by atoms with Gasteiger partial charge in [0.15, 0.2) is 0 Å². The van der Waals surface area contributed by atoms with Crippen LogP contribution in [0.25, 0.3) is 6.08 Å². The topological polar surface area (TPSA) is 62.1 Å². The van der Waals surface area contributed by atoms with Crippen molar-refractivity contribution in [1.29, 1.82) is 5.26 Å². The van der Waals surface area contributed by atoms with Gasteiger partial charge in [0.1, 0.15) is 29.8 Å². The van der Waals surface area contributed by atoms with Gasteiger partial charge < -0.3 is 10.1 Å². The number of nitrogens with zero attached hydrogens (tertiary/aromatic N) is 1. The lowest BCUT2D eigenvalue weighted by atomic mass is 10.1. The number of hydrogen-bond donors (Lipinski definition) is 1. The fraction of sp³-hybridized carbons (Fsp3) is 0.0833. The highest BCUT2D eigenvalue weighted by Gasteiger charge is 2.13. The van der Waals surface area contributed by atoms with Crippen molar-refractivity contribution in [3.8, 4) is 11.8 Å². The summed E-state index contributed by atoms with van der Waals surface area (Å²) in [7, 11) is 0. The highest BCUT2D eigenvalue weighted by atomic mass is 127. The molecule has 0 saturated carbocycles. The van der Waals surface area contributed by atoms with Crippen molar-refractivity contribution in [2.45, 2.75) is 13.5 Å². The largest absolute Gasteiger partial charge is 0.486 e. The molecule has 0 unspecified atom stereocenters. The second kappa shape index (κ2) is 10.6. The molecular weight excluding hydrogens is 574 g/mol. The van der Waals surface area contributed by atoms with Crippen LogP contribution < -0.4 is 10.1 Å². The van der Waals surface area contributed by atoms with Crippen LogP contribution in [0.3, 0.4) is 0 Å². The van der Waals surface area contributed by atoms with Gasteiger partial charge in [-0.1, -0.05) is 35.9 Å². The fourth-order valence-electron chi connectivity index (χ4n) is 2.72. The summed E-state index contributed by atoms with van der Waals surface area (Å²) < 4.78 is 21.0. The first kappa shape index (κ1) is 23.0. The third-order valence-corrected chi connectivity index (χ3v) is 5.73. The molecule has 0 aliphatic heterocycles. The number of rotatable bonds is 6. The number of ether oxygens (including phenoxy) is 1. The molecule has 0 spiro atoms. The summed E-state index contributed by atoms with van der Waals surface area (Å²) in [4.78, 5) is 12.5. The minimum absolute atomic E-state index is 0.0247. The molecule has 0 bridgehead atoms. The van der Waals surface area contributed by atoms with Gasteiger partial charge in [0.2, 0.25) is 0 Å². The Morgan fingerprint density at radius 2 is 1.94 bits per heavy atom. The average molecular weight is 591 g/mol. The highest BCUT2D eigenvalue weighted by Crippen LogP contribution is 2.33. The number of anilines is 1. The van der Waals surface area contributed by atoms with E-state index in [1.54, 1.807) is 42.5 Å². The highest BCUT2D eigenvalue weighted by molar-refractivity contribution is 14.1. The molecule has 0 aliphatic carbocycles. The van der Waals surface area contributed by atoms with E-state index in [1.807, 2.05) is 25.1 Å². The first-order valence-electron chi connectivity index (χ1n) is 9.22. The lowest BCUT2D eigenvalue weighted by Crippen LogP contribution is -2.13. The van der Waals surface area contributed by atoms with Gasteiger partial charge in [0.25, 0.3) is 5.91 Å². The molecule has 0 aromatic heterocycles. The number of aryl methyl sites for hydroxylation is 1. The Morgan fingerprint density at radius 1 is 1.23 bits per heavy atom. The van der Waals surface area contributed by atoms with E-state index in [1.165, 1.54) is 12.1 Å². The molecule has 31 heavy (non-hydrogen) atoms. The normalized spacial score (nSPS) is 11.0. The van der Waals surface area contributed by atoms with Crippen molar-refractivity contribution in [3.05, 3.63) is 96.8 Å². The van der Waals surface area contributed by atoms with Crippen molar-refractivity contribution in [1.82, 2.24) is 0 Å². The molecule has 0 radical (unpaired) electrons. The average Bonchev–Trinajstić information content (AvgIpc) is 2.74. The van der Waals surface area contributed by atoms with Crippen molar-refractivity contribution in [2.24, 2.45) is 0 Å². The lowest BCUT2D eigenvalue weighted by Gasteiger charge is -2.12. The molecule has 3 aromatic carbocycles. The number of amides is 1. The predicted molar refractivity (Wildman–Crippen MR) is 131 cm³/mol. The third-order valence-electron chi connectivity index (χ3n) is 4.34. The van der Waals surface area contributed by atoms with E-state index < -0.39 is 5.91 Å². The lowest BCUT2D eigenvalue weighted by molar-refractivity contribution is -0.112. The van der Waals surface area contributed by atoms with Gasteiger partial charge in [0, 0.05) is 11.3 Å². The van der Waals surface area contributed by atoms with Crippen LogP contribution in [-0.2, 0) is 11.4 Å². The van der Waals surface area contributed by atoms with Gasteiger partial charge in [0.05, 0.1) is 8.04 Å². The van der Waals surface area contributed by atoms with E-state index in [0.29, 0.717) is 27.0 Å². The molecular formula is C24H17BrFIN2O2. The van der Waals surface area contributed by atoms with Gasteiger partial charge in [-0.2, -0.15) is 5.26 Å². The first-order chi connectivity index (χ1) is 14.9. The standard InChI is InChI=1S/C24H17BrFIN2O2/c1-15-6-8-19(9-7-15)29-24(30)18(13-28)10-16-11-20(25)23(22(27)12-16)31-14-17-4-2-3-5-21(17)26/h2-12H,14H2,1H3,(H,29,30)/b18-10+. The molecule has 3 rings (SSSR count).